The van der Waals surface area contributed by atoms with E-state index in [4.69, 9.17) is 0 Å². The Kier molecular flexibility index (Phi) is 5.53. The van der Waals surface area contributed by atoms with Crippen LogP contribution >= 0.6 is 0 Å². The highest BCUT2D eigenvalue weighted by atomic mass is 19.1. The molecule has 0 aromatic heterocycles. The van der Waals surface area contributed by atoms with E-state index in [1.807, 2.05) is 18.2 Å². The topological polar surface area (TPSA) is 17.1 Å². The van der Waals surface area contributed by atoms with Gasteiger partial charge in [-0.15, -0.1) is 0 Å². The van der Waals surface area contributed by atoms with E-state index in [-0.39, 0.29) is 11.6 Å². The van der Waals surface area contributed by atoms with Crippen LogP contribution in [0.5, 0.6) is 0 Å². The number of halogens is 1. The first-order chi connectivity index (χ1) is 12.2. The molecule has 0 aliphatic rings. The Morgan fingerprint density at radius 3 is 2.00 bits per heavy atom. The van der Waals surface area contributed by atoms with Gasteiger partial charge in [0, 0.05) is 5.56 Å². The minimum Gasteiger partial charge on any atom is -0.289 e. The molecule has 0 spiro atoms. The first-order valence-corrected chi connectivity index (χ1v) is 8.31. The molecular weight excluding hydrogens is 311 g/mol. The van der Waals surface area contributed by atoms with Gasteiger partial charge in [0.1, 0.15) is 5.82 Å². The lowest BCUT2D eigenvalue weighted by molar-refractivity contribution is 0.104. The minimum absolute atomic E-state index is 0.131. The van der Waals surface area contributed by atoms with Crippen molar-refractivity contribution in [1.29, 1.82) is 0 Å². The second kappa shape index (κ2) is 8.20. The highest BCUT2D eigenvalue weighted by molar-refractivity contribution is 6.06. The molecular formula is C23H19FO. The van der Waals surface area contributed by atoms with Gasteiger partial charge < -0.3 is 0 Å². The number of carbonyl (C=O) groups is 1. The summed E-state index contributed by atoms with van der Waals surface area (Å²) in [7, 11) is 0. The molecule has 0 heterocycles. The predicted octanol–water partition coefficient (Wildman–Crippen LogP) is 5.51. The Morgan fingerprint density at radius 2 is 1.36 bits per heavy atom. The number of ketones is 1. The van der Waals surface area contributed by atoms with Crippen LogP contribution in [0.15, 0.2) is 84.9 Å². The van der Waals surface area contributed by atoms with Gasteiger partial charge in [0.05, 0.1) is 0 Å². The van der Waals surface area contributed by atoms with Crippen LogP contribution in [0.2, 0.25) is 0 Å². The van der Waals surface area contributed by atoms with Gasteiger partial charge in [-0.2, -0.15) is 0 Å². The van der Waals surface area contributed by atoms with E-state index < -0.39 is 0 Å². The molecule has 0 aliphatic heterocycles. The fourth-order valence-corrected chi connectivity index (χ4v) is 2.61. The molecule has 0 fully saturated rings. The van der Waals surface area contributed by atoms with E-state index in [2.05, 4.69) is 36.4 Å². The van der Waals surface area contributed by atoms with Crippen molar-refractivity contribution >= 4 is 11.9 Å². The second-order valence-electron chi connectivity index (χ2n) is 5.93. The first-order valence-electron chi connectivity index (χ1n) is 8.31. The molecule has 0 aliphatic carbocycles. The number of hydrogen-bond acceptors (Lipinski definition) is 1. The normalized spacial score (nSPS) is 10.9. The second-order valence-corrected chi connectivity index (χ2v) is 5.93. The maximum absolute atomic E-state index is 12.9. The fourth-order valence-electron chi connectivity index (χ4n) is 2.61. The molecule has 1 nitrogen and oxygen atoms in total. The lowest BCUT2D eigenvalue weighted by Gasteiger charge is -2.03. The highest BCUT2D eigenvalue weighted by Gasteiger charge is 2.01. The fraction of sp³-hybridized carbons (Fsp3) is 0.0870. The maximum atomic E-state index is 12.9. The maximum Gasteiger partial charge on any atom is 0.185 e. The number of rotatable bonds is 6. The summed E-state index contributed by atoms with van der Waals surface area (Å²) >= 11 is 0. The number of hydrogen-bond donors (Lipinski definition) is 0. The van der Waals surface area contributed by atoms with Crippen molar-refractivity contribution in [2.24, 2.45) is 0 Å². The van der Waals surface area contributed by atoms with Gasteiger partial charge in [0.2, 0.25) is 0 Å². The number of carbonyl (C=O) groups excluding carboxylic acids is 1. The van der Waals surface area contributed by atoms with Crippen molar-refractivity contribution in [2.75, 3.05) is 0 Å². The summed E-state index contributed by atoms with van der Waals surface area (Å²) in [5.74, 6) is -0.472. The van der Waals surface area contributed by atoms with Crippen molar-refractivity contribution in [2.45, 2.75) is 12.8 Å². The van der Waals surface area contributed by atoms with E-state index in [9.17, 15) is 9.18 Å². The summed E-state index contributed by atoms with van der Waals surface area (Å²) in [6.07, 6.45) is 5.31. The van der Waals surface area contributed by atoms with Crippen molar-refractivity contribution in [3.8, 4) is 0 Å². The van der Waals surface area contributed by atoms with Gasteiger partial charge >= 0.3 is 0 Å². The molecule has 0 radical (unpaired) electrons. The Morgan fingerprint density at radius 1 is 0.760 bits per heavy atom. The molecule has 0 amide bonds. The molecule has 0 N–H and O–H groups in total. The average Bonchev–Trinajstić information content (AvgIpc) is 2.67. The van der Waals surface area contributed by atoms with Gasteiger partial charge in [-0.05, 0) is 59.9 Å². The van der Waals surface area contributed by atoms with Crippen LogP contribution in [0.4, 0.5) is 4.39 Å². The third kappa shape index (κ3) is 4.98. The van der Waals surface area contributed by atoms with E-state index in [1.165, 1.54) is 41.5 Å². The van der Waals surface area contributed by atoms with Crippen LogP contribution in [-0.2, 0) is 12.8 Å². The summed E-state index contributed by atoms with van der Waals surface area (Å²) in [6.45, 7) is 0. The molecule has 0 bridgehead atoms. The lowest BCUT2D eigenvalue weighted by Crippen LogP contribution is -1.94. The summed E-state index contributed by atoms with van der Waals surface area (Å²) in [5.41, 5.74) is 4.05. The van der Waals surface area contributed by atoms with Crippen molar-refractivity contribution < 1.29 is 9.18 Å². The SMILES string of the molecule is O=C(C=Cc1ccc(CCc2ccccc2)cc1)c1ccc(F)cc1. The molecule has 3 aromatic carbocycles. The monoisotopic (exact) mass is 330 g/mol. The molecule has 0 unspecified atom stereocenters. The Balaban J connectivity index is 1.58. The quantitative estimate of drug-likeness (QED) is 0.430. The van der Waals surface area contributed by atoms with Gasteiger partial charge in [-0.25, -0.2) is 4.39 Å². The minimum atomic E-state index is -0.341. The van der Waals surface area contributed by atoms with Crippen LogP contribution in [0.25, 0.3) is 6.08 Å². The van der Waals surface area contributed by atoms with E-state index in [0.717, 1.165) is 18.4 Å². The van der Waals surface area contributed by atoms with Gasteiger partial charge in [0.25, 0.3) is 0 Å². The zero-order valence-corrected chi connectivity index (χ0v) is 13.9. The Bertz CT molecular complexity index is 847. The summed E-state index contributed by atoms with van der Waals surface area (Å²) < 4.78 is 12.9. The standard InChI is InChI=1S/C23H19FO/c24-22-15-13-21(14-16-22)23(25)17-12-20-10-8-19(9-11-20)7-6-18-4-2-1-3-5-18/h1-5,8-17H,6-7H2. The molecule has 0 atom stereocenters. The third-order valence-electron chi connectivity index (χ3n) is 4.08. The first kappa shape index (κ1) is 16.8. The van der Waals surface area contributed by atoms with Crippen LogP contribution in [0.1, 0.15) is 27.0 Å². The lowest BCUT2D eigenvalue weighted by atomic mass is 10.0. The predicted molar refractivity (Wildman–Crippen MR) is 100 cm³/mol. The summed E-state index contributed by atoms with van der Waals surface area (Å²) in [6, 6.07) is 24.2. The van der Waals surface area contributed by atoms with Crippen molar-refractivity contribution in [3.63, 3.8) is 0 Å². The van der Waals surface area contributed by atoms with Gasteiger partial charge in [0.15, 0.2) is 5.78 Å². The zero-order valence-electron chi connectivity index (χ0n) is 13.9. The smallest absolute Gasteiger partial charge is 0.185 e. The van der Waals surface area contributed by atoms with Crippen molar-refractivity contribution in [1.82, 2.24) is 0 Å². The Hall–Kier alpha value is -3.00. The molecule has 3 aromatic rings. The highest BCUT2D eigenvalue weighted by Crippen LogP contribution is 2.11. The molecule has 0 saturated carbocycles. The van der Waals surface area contributed by atoms with Crippen LogP contribution < -0.4 is 0 Å². The number of allylic oxidation sites excluding steroid dienone is 1. The molecule has 25 heavy (non-hydrogen) atoms. The molecule has 0 saturated heterocycles. The zero-order chi connectivity index (χ0) is 17.5. The van der Waals surface area contributed by atoms with Gasteiger partial charge in [-0.3, -0.25) is 4.79 Å². The van der Waals surface area contributed by atoms with Crippen LogP contribution in [-0.4, -0.2) is 5.78 Å². The molecule has 2 heteroatoms. The van der Waals surface area contributed by atoms with Gasteiger partial charge in [-0.1, -0.05) is 60.7 Å². The third-order valence-corrected chi connectivity index (χ3v) is 4.08. The van der Waals surface area contributed by atoms with Crippen LogP contribution in [0, 0.1) is 5.82 Å². The Labute approximate surface area is 147 Å². The number of benzene rings is 3. The largest absolute Gasteiger partial charge is 0.289 e. The molecule has 3 rings (SSSR count). The van der Waals surface area contributed by atoms with E-state index in [0.29, 0.717) is 5.56 Å². The van der Waals surface area contributed by atoms with E-state index in [1.54, 1.807) is 6.08 Å². The molecule has 124 valence electrons. The van der Waals surface area contributed by atoms with Crippen molar-refractivity contribution in [3.05, 3.63) is 113 Å². The van der Waals surface area contributed by atoms with E-state index >= 15 is 0 Å². The number of aryl methyl sites for hydroxylation is 2. The summed E-state index contributed by atoms with van der Waals surface area (Å²) in [5, 5.41) is 0. The summed E-state index contributed by atoms with van der Waals surface area (Å²) in [4.78, 5) is 12.0. The average molecular weight is 330 g/mol. The van der Waals surface area contributed by atoms with Crippen LogP contribution in [0.3, 0.4) is 0 Å².